The van der Waals surface area contributed by atoms with E-state index in [0.29, 0.717) is 22.6 Å². The number of nitrogens with zero attached hydrogens (tertiary/aromatic N) is 2. The molecule has 4 unspecified atom stereocenters. The van der Waals surface area contributed by atoms with Gasteiger partial charge < -0.3 is 15.6 Å². The lowest BCUT2D eigenvalue weighted by molar-refractivity contribution is -0.558. The molecule has 8 heteroatoms. The third kappa shape index (κ3) is 5.60. The number of thioether (sulfide) groups is 1. The maximum atomic E-state index is 11.4. The van der Waals surface area contributed by atoms with Crippen molar-refractivity contribution in [3.63, 3.8) is 0 Å². The number of alkyl halides is 1. The second-order valence-electron chi connectivity index (χ2n) is 8.82. The van der Waals surface area contributed by atoms with Crippen LogP contribution in [0.5, 0.6) is 0 Å². The maximum absolute atomic E-state index is 11.4. The molecule has 0 saturated heterocycles. The zero-order valence-electron chi connectivity index (χ0n) is 18.0. The van der Waals surface area contributed by atoms with Crippen molar-refractivity contribution in [2.75, 3.05) is 13.1 Å². The van der Waals surface area contributed by atoms with E-state index in [1.54, 1.807) is 11.8 Å². The number of aliphatic carboxylic acids is 1. The Morgan fingerprint density at radius 1 is 1.30 bits per heavy atom. The molecule has 0 radical (unpaired) electrons. The second kappa shape index (κ2) is 10.5. The Labute approximate surface area is 188 Å². The van der Waals surface area contributed by atoms with Crippen LogP contribution in [-0.4, -0.2) is 68.2 Å². The Balaban J connectivity index is 1.59. The van der Waals surface area contributed by atoms with Crippen molar-refractivity contribution >= 4 is 40.3 Å². The molecule has 3 rings (SSSR count). The van der Waals surface area contributed by atoms with Crippen molar-refractivity contribution in [2.24, 2.45) is 11.7 Å². The molecule has 30 heavy (non-hydrogen) atoms. The number of nitrogens with two attached hydrogens (primary N) is 1. The molecule has 3 aliphatic rings. The minimum Gasteiger partial charge on any atom is -0.548 e. The first-order valence-electron chi connectivity index (χ1n) is 11.2. The van der Waals surface area contributed by atoms with Gasteiger partial charge in [-0.1, -0.05) is 6.08 Å². The lowest BCUT2D eigenvalue weighted by Gasteiger charge is -2.39. The van der Waals surface area contributed by atoms with Gasteiger partial charge in [-0.15, -0.1) is 11.6 Å². The first-order chi connectivity index (χ1) is 14.3. The standard InChI is InChI=1S/C22H34ClN3O3S/c1-3-25-18-12-16(23)7-10-19(18)30-21(25)11-6-15-4-8-17(9-5-15)26(13-20(24)27)14(2)22(28)29/h6,11,14-19H,3-5,7-10,12-13H2,1-2H3,(H2-,24,27,28,29)/b11-6+. The molecule has 1 amide bonds. The minimum absolute atomic E-state index is 0.0370. The second-order valence-corrected chi connectivity index (χ2v) is 10.7. The Morgan fingerprint density at radius 2 is 2.00 bits per heavy atom. The van der Waals surface area contributed by atoms with Crippen molar-refractivity contribution in [3.8, 4) is 0 Å². The van der Waals surface area contributed by atoms with Gasteiger partial charge in [0.05, 0.1) is 17.8 Å². The van der Waals surface area contributed by atoms with Gasteiger partial charge in [-0.2, -0.15) is 0 Å². The summed E-state index contributed by atoms with van der Waals surface area (Å²) in [5.41, 5.74) is 5.34. The summed E-state index contributed by atoms with van der Waals surface area (Å²) < 4.78 is 2.52. The number of rotatable bonds is 8. The van der Waals surface area contributed by atoms with E-state index in [2.05, 4.69) is 23.7 Å². The van der Waals surface area contributed by atoms with Crippen molar-refractivity contribution < 1.29 is 19.3 Å². The fourth-order valence-corrected chi connectivity index (χ4v) is 7.03. The summed E-state index contributed by atoms with van der Waals surface area (Å²) in [6.45, 7) is 4.76. The normalized spacial score (nSPS) is 33.1. The number of carboxylic acid groups (broad SMARTS) is 1. The molecule has 0 aromatic rings. The number of allylic oxidation sites excluding steroid dienone is 1. The monoisotopic (exact) mass is 455 g/mol. The van der Waals surface area contributed by atoms with E-state index in [-0.39, 0.29) is 12.6 Å². The first kappa shape index (κ1) is 23.6. The molecular weight excluding hydrogens is 422 g/mol. The molecule has 6 nitrogen and oxygen atoms in total. The number of carbonyl (C=O) groups excluding carboxylic acids is 2. The number of amides is 1. The van der Waals surface area contributed by atoms with Crippen molar-refractivity contribution in [2.45, 2.75) is 87.5 Å². The predicted molar refractivity (Wildman–Crippen MR) is 120 cm³/mol. The quantitative estimate of drug-likeness (QED) is 0.444. The Morgan fingerprint density at radius 3 is 2.60 bits per heavy atom. The van der Waals surface area contributed by atoms with E-state index >= 15 is 0 Å². The van der Waals surface area contributed by atoms with Crippen LogP contribution in [0.1, 0.15) is 58.8 Å². The van der Waals surface area contributed by atoms with E-state index < -0.39 is 17.9 Å². The van der Waals surface area contributed by atoms with Crippen molar-refractivity contribution in [3.05, 3.63) is 12.2 Å². The summed E-state index contributed by atoms with van der Waals surface area (Å²) in [5.74, 6) is -1.18. The highest BCUT2D eigenvalue weighted by molar-refractivity contribution is 8.14. The van der Waals surface area contributed by atoms with Crippen LogP contribution in [-0.2, 0) is 9.59 Å². The smallest absolute Gasteiger partial charge is 0.235 e. The average molecular weight is 456 g/mol. The molecule has 168 valence electrons. The van der Waals surface area contributed by atoms with Gasteiger partial charge in [0.1, 0.15) is 6.54 Å². The number of hydrogen-bond donors (Lipinski definition) is 1. The number of carboxylic acids is 1. The van der Waals surface area contributed by atoms with Gasteiger partial charge in [0.2, 0.25) is 11.0 Å². The minimum atomic E-state index is -1.16. The molecule has 0 aromatic carbocycles. The van der Waals surface area contributed by atoms with Crippen LogP contribution in [0, 0.1) is 5.92 Å². The fraction of sp³-hybridized carbons (Fsp3) is 0.773. The summed E-state index contributed by atoms with van der Waals surface area (Å²) in [6.07, 6.45) is 11.7. The van der Waals surface area contributed by atoms with E-state index in [0.717, 1.165) is 45.1 Å². The van der Waals surface area contributed by atoms with Crippen LogP contribution < -0.4 is 10.8 Å². The van der Waals surface area contributed by atoms with Crippen LogP contribution >= 0.6 is 23.4 Å². The van der Waals surface area contributed by atoms with Gasteiger partial charge in [0, 0.05) is 30.0 Å². The largest absolute Gasteiger partial charge is 0.548 e. The fourth-order valence-electron chi connectivity index (χ4n) is 5.19. The summed E-state index contributed by atoms with van der Waals surface area (Å²) in [4.78, 5) is 24.4. The van der Waals surface area contributed by atoms with Crippen LogP contribution in [0.3, 0.4) is 0 Å². The lowest BCUT2D eigenvalue weighted by Crippen LogP contribution is -2.54. The molecule has 0 spiro atoms. The number of fused-ring (bicyclic) bond motifs is 1. The molecular formula is C22H34ClN3O3S. The molecule has 1 heterocycles. The highest BCUT2D eigenvalue weighted by atomic mass is 35.5. The molecule has 2 aliphatic carbocycles. The zero-order valence-corrected chi connectivity index (χ0v) is 19.5. The van der Waals surface area contributed by atoms with Gasteiger partial charge in [0.25, 0.3) is 0 Å². The SMILES string of the molecule is CC[N+]1=C(/C=C/C2CCC(N(CC(N)=O)C(C)C(=O)[O-])CC2)SC2CCC(Cl)CC21. The highest BCUT2D eigenvalue weighted by Gasteiger charge is 2.44. The van der Waals surface area contributed by atoms with Gasteiger partial charge in [0.15, 0.2) is 6.04 Å². The molecule has 2 fully saturated rings. The first-order valence-corrected chi connectivity index (χ1v) is 12.5. The summed E-state index contributed by atoms with van der Waals surface area (Å²) in [5, 5.41) is 13.6. The number of hydrogen-bond acceptors (Lipinski definition) is 5. The molecule has 4 atom stereocenters. The van der Waals surface area contributed by atoms with E-state index in [4.69, 9.17) is 17.3 Å². The van der Waals surface area contributed by atoms with E-state index in [9.17, 15) is 14.7 Å². The Kier molecular flexibility index (Phi) is 8.27. The van der Waals surface area contributed by atoms with Crippen LogP contribution in [0.4, 0.5) is 0 Å². The van der Waals surface area contributed by atoms with Gasteiger partial charge >= 0.3 is 0 Å². The summed E-state index contributed by atoms with van der Waals surface area (Å²) >= 11 is 8.43. The molecule has 2 saturated carbocycles. The molecule has 0 bridgehead atoms. The lowest BCUT2D eigenvalue weighted by atomic mass is 9.84. The van der Waals surface area contributed by atoms with Gasteiger partial charge in [-0.05, 0) is 70.1 Å². The van der Waals surface area contributed by atoms with Crippen LogP contribution in [0.15, 0.2) is 12.2 Å². The number of primary amides is 1. The molecule has 1 aliphatic heterocycles. The Bertz CT molecular complexity index is 706. The third-order valence-corrected chi connectivity index (χ3v) is 8.75. The molecule has 0 aromatic heterocycles. The molecule has 2 N–H and O–H groups in total. The zero-order chi connectivity index (χ0) is 21.8. The number of carbonyl (C=O) groups is 2. The van der Waals surface area contributed by atoms with Crippen LogP contribution in [0.25, 0.3) is 0 Å². The topological polar surface area (TPSA) is 89.5 Å². The summed E-state index contributed by atoms with van der Waals surface area (Å²) in [6, 6.07) is -0.202. The van der Waals surface area contributed by atoms with E-state index in [1.807, 2.05) is 11.8 Å². The Hall–Kier alpha value is -1.05. The third-order valence-electron chi connectivity index (χ3n) is 6.89. The maximum Gasteiger partial charge on any atom is 0.235 e. The number of halogens is 1. The predicted octanol–water partition coefficient (Wildman–Crippen LogP) is 1.73. The van der Waals surface area contributed by atoms with Crippen molar-refractivity contribution in [1.82, 2.24) is 4.90 Å². The summed E-state index contributed by atoms with van der Waals surface area (Å²) in [7, 11) is 0. The van der Waals surface area contributed by atoms with Crippen molar-refractivity contribution in [1.29, 1.82) is 0 Å². The van der Waals surface area contributed by atoms with Gasteiger partial charge in [-0.25, -0.2) is 4.58 Å². The highest BCUT2D eigenvalue weighted by Crippen LogP contribution is 2.39. The van der Waals surface area contributed by atoms with E-state index in [1.165, 1.54) is 11.5 Å². The van der Waals surface area contributed by atoms with Crippen LogP contribution in [0.2, 0.25) is 0 Å². The van der Waals surface area contributed by atoms with Gasteiger partial charge in [-0.3, -0.25) is 9.69 Å². The average Bonchev–Trinajstić information content (AvgIpc) is 3.06.